The summed E-state index contributed by atoms with van der Waals surface area (Å²) in [6.45, 7) is 3.61. The number of hydrogen-bond acceptors (Lipinski definition) is 7. The van der Waals surface area contributed by atoms with Gasteiger partial charge in [-0.05, 0) is 26.0 Å². The fourth-order valence-electron chi connectivity index (χ4n) is 2.05. The number of amides is 1. The van der Waals surface area contributed by atoms with Crippen LogP contribution in [0.3, 0.4) is 0 Å². The zero-order valence-corrected chi connectivity index (χ0v) is 15.9. The highest BCUT2D eigenvalue weighted by molar-refractivity contribution is 8.27. The van der Waals surface area contributed by atoms with Crippen molar-refractivity contribution in [3.8, 4) is 0 Å². The van der Waals surface area contributed by atoms with Crippen molar-refractivity contribution in [3.05, 3.63) is 52.4 Å². The van der Waals surface area contributed by atoms with Gasteiger partial charge in [-0.1, -0.05) is 23.4 Å². The van der Waals surface area contributed by atoms with Gasteiger partial charge in [0.1, 0.15) is 6.10 Å². The molecule has 1 aliphatic rings. The molecule has 0 unspecified atom stereocenters. The van der Waals surface area contributed by atoms with Gasteiger partial charge in [-0.15, -0.1) is 21.9 Å². The molecular formula is C17H19N3O4S2. The average Bonchev–Trinajstić information content (AvgIpc) is 3.35. The zero-order chi connectivity index (χ0) is 18.7. The highest BCUT2D eigenvalue weighted by Gasteiger charge is 2.27. The second kappa shape index (κ2) is 7.58. The lowest BCUT2D eigenvalue weighted by Gasteiger charge is -2.30. The molecule has 0 atom stereocenters. The number of rotatable bonds is 7. The van der Waals surface area contributed by atoms with Crippen LogP contribution < -0.4 is 5.32 Å². The van der Waals surface area contributed by atoms with E-state index in [-0.39, 0.29) is 11.8 Å². The maximum Gasteiger partial charge on any atom is 0.280 e. The summed E-state index contributed by atoms with van der Waals surface area (Å²) >= 11 is 1.30. The molecule has 0 saturated heterocycles. The Bertz CT molecular complexity index is 843. The highest BCUT2D eigenvalue weighted by atomic mass is 32.3. The Morgan fingerprint density at radius 1 is 1.35 bits per heavy atom. The van der Waals surface area contributed by atoms with E-state index in [9.17, 15) is 13.9 Å². The Hall–Kier alpha value is -2.20. The van der Waals surface area contributed by atoms with Crippen LogP contribution >= 0.6 is 21.9 Å². The van der Waals surface area contributed by atoms with Crippen LogP contribution in [0, 0.1) is 0 Å². The second-order valence-electron chi connectivity index (χ2n) is 5.83. The molecule has 0 radical (unpaired) electrons. The monoisotopic (exact) mass is 393 g/mol. The summed E-state index contributed by atoms with van der Waals surface area (Å²) in [5.41, 5.74) is 0.589. The van der Waals surface area contributed by atoms with Gasteiger partial charge in [-0.3, -0.25) is 19.2 Å². The fraction of sp³-hybridized carbons (Fsp3) is 0.235. The van der Waals surface area contributed by atoms with Gasteiger partial charge in [-0.2, -0.15) is 0 Å². The average molecular weight is 393 g/mol. The number of benzene rings is 1. The van der Waals surface area contributed by atoms with Crippen molar-refractivity contribution < 1.29 is 18.7 Å². The molecule has 9 heteroatoms. The second-order valence-corrected chi connectivity index (χ2v) is 8.82. The van der Waals surface area contributed by atoms with E-state index in [4.69, 9.17) is 4.84 Å². The van der Waals surface area contributed by atoms with E-state index in [1.54, 1.807) is 41.9 Å². The highest BCUT2D eigenvalue weighted by Crippen LogP contribution is 2.61. The van der Waals surface area contributed by atoms with E-state index in [1.807, 2.05) is 13.8 Å². The van der Waals surface area contributed by atoms with Crippen LogP contribution in [0.4, 0.5) is 5.13 Å². The standard InChI is InChI=1S/C17H19N3O4S2/c1-11(2)24-20-15(16(21)19-17-18-9-10-25-17)12-3-5-13(6-4-12)26(22,23)14-7-8-14/h3-7,9-11,22-23H,8H2,1-2H3,(H,18,19,21). The number of allylic oxidation sites excluding steroid dienone is 2. The van der Waals surface area contributed by atoms with Gasteiger partial charge in [0.2, 0.25) is 0 Å². The van der Waals surface area contributed by atoms with E-state index in [0.717, 1.165) is 0 Å². The summed E-state index contributed by atoms with van der Waals surface area (Å²) in [7, 11) is -2.91. The Kier molecular flexibility index (Phi) is 5.42. The van der Waals surface area contributed by atoms with Crippen LogP contribution in [-0.2, 0) is 9.63 Å². The molecule has 0 fully saturated rings. The number of nitrogens with zero attached hydrogens (tertiary/aromatic N) is 2. The molecule has 1 aromatic heterocycles. The Morgan fingerprint density at radius 3 is 2.58 bits per heavy atom. The van der Waals surface area contributed by atoms with Crippen LogP contribution in [0.25, 0.3) is 0 Å². The van der Waals surface area contributed by atoms with Crippen molar-refractivity contribution in [1.29, 1.82) is 0 Å². The van der Waals surface area contributed by atoms with Gasteiger partial charge in [-0.25, -0.2) is 4.98 Å². The zero-order valence-electron chi connectivity index (χ0n) is 14.2. The minimum Gasteiger partial charge on any atom is -0.392 e. The van der Waals surface area contributed by atoms with Crippen LogP contribution in [0.1, 0.15) is 25.8 Å². The quantitative estimate of drug-likeness (QED) is 0.480. The van der Waals surface area contributed by atoms with Gasteiger partial charge in [0.15, 0.2) is 10.8 Å². The number of carbonyl (C=O) groups excluding carboxylic acids is 1. The minimum absolute atomic E-state index is 0.0857. The van der Waals surface area contributed by atoms with Crippen molar-refractivity contribution in [2.45, 2.75) is 31.3 Å². The summed E-state index contributed by atoms with van der Waals surface area (Å²) < 4.78 is 20.5. The summed E-state index contributed by atoms with van der Waals surface area (Å²) in [5, 5.41) is 8.85. The molecule has 3 rings (SSSR count). The SMILES string of the molecule is CC(C)ON=C(C(=O)Nc1nccs1)c1ccc(S(O)(O)C2=CC2)cc1. The number of oxime groups is 1. The molecule has 7 nitrogen and oxygen atoms in total. The molecule has 1 aromatic carbocycles. The van der Waals surface area contributed by atoms with Crippen LogP contribution in [-0.4, -0.2) is 31.8 Å². The topological polar surface area (TPSA) is 104 Å². The molecule has 0 saturated carbocycles. The molecule has 1 amide bonds. The lowest BCUT2D eigenvalue weighted by Crippen LogP contribution is -2.24. The number of aromatic nitrogens is 1. The predicted octanol–water partition coefficient (Wildman–Crippen LogP) is 4.31. The van der Waals surface area contributed by atoms with Crippen LogP contribution in [0.15, 0.2) is 56.9 Å². The lowest BCUT2D eigenvalue weighted by molar-refractivity contribution is -0.110. The number of carbonyl (C=O) groups is 1. The van der Waals surface area contributed by atoms with Crippen molar-refractivity contribution >= 4 is 38.7 Å². The van der Waals surface area contributed by atoms with Gasteiger partial charge < -0.3 is 4.84 Å². The summed E-state index contributed by atoms with van der Waals surface area (Å²) in [6.07, 6.45) is 3.81. The van der Waals surface area contributed by atoms with Gasteiger partial charge in [0.05, 0.1) is 4.90 Å². The fourth-order valence-corrected chi connectivity index (χ4v) is 3.94. The number of hydrogen-bond donors (Lipinski definition) is 3. The van der Waals surface area contributed by atoms with E-state index < -0.39 is 16.5 Å². The number of nitrogens with one attached hydrogen (secondary N) is 1. The first-order valence-corrected chi connectivity index (χ1v) is 10.3. The molecule has 0 bridgehead atoms. The van der Waals surface area contributed by atoms with Crippen molar-refractivity contribution in [3.63, 3.8) is 0 Å². The normalized spacial score (nSPS) is 14.8. The lowest BCUT2D eigenvalue weighted by atomic mass is 10.1. The van der Waals surface area contributed by atoms with E-state index in [0.29, 0.717) is 26.9 Å². The van der Waals surface area contributed by atoms with Crippen molar-refractivity contribution in [2.75, 3.05) is 5.32 Å². The number of anilines is 1. The molecule has 1 aliphatic carbocycles. The first-order chi connectivity index (χ1) is 12.4. The molecule has 2 aromatic rings. The molecule has 138 valence electrons. The van der Waals surface area contributed by atoms with E-state index in [2.05, 4.69) is 15.5 Å². The van der Waals surface area contributed by atoms with Gasteiger partial charge in [0.25, 0.3) is 5.91 Å². The molecular weight excluding hydrogens is 374 g/mol. The third-order valence-electron chi connectivity index (χ3n) is 3.42. The number of thiazole rings is 1. The summed E-state index contributed by atoms with van der Waals surface area (Å²) in [6, 6.07) is 6.42. The Morgan fingerprint density at radius 2 is 2.04 bits per heavy atom. The van der Waals surface area contributed by atoms with Crippen LogP contribution in [0.5, 0.6) is 0 Å². The first-order valence-electron chi connectivity index (χ1n) is 7.90. The maximum atomic E-state index is 12.6. The molecule has 1 heterocycles. The summed E-state index contributed by atoms with van der Waals surface area (Å²) in [5.74, 6) is -0.454. The first kappa shape index (κ1) is 18.6. The largest absolute Gasteiger partial charge is 0.392 e. The van der Waals surface area contributed by atoms with Crippen LogP contribution in [0.2, 0.25) is 0 Å². The predicted molar refractivity (Wildman–Crippen MR) is 104 cm³/mol. The Balaban J connectivity index is 1.85. The summed E-state index contributed by atoms with van der Waals surface area (Å²) in [4.78, 5) is 22.9. The van der Waals surface area contributed by atoms with E-state index in [1.165, 1.54) is 11.3 Å². The molecule has 3 N–H and O–H groups in total. The molecule has 0 spiro atoms. The third-order valence-corrected chi connectivity index (χ3v) is 6.10. The van der Waals surface area contributed by atoms with Crippen molar-refractivity contribution in [2.24, 2.45) is 5.16 Å². The molecule has 0 aliphatic heterocycles. The van der Waals surface area contributed by atoms with Gasteiger partial charge in [0, 0.05) is 28.5 Å². The molecule has 26 heavy (non-hydrogen) atoms. The van der Waals surface area contributed by atoms with Gasteiger partial charge >= 0.3 is 0 Å². The van der Waals surface area contributed by atoms with Crippen molar-refractivity contribution in [1.82, 2.24) is 4.98 Å². The smallest absolute Gasteiger partial charge is 0.280 e. The van der Waals surface area contributed by atoms with E-state index >= 15 is 0 Å². The minimum atomic E-state index is -2.91. The maximum absolute atomic E-state index is 12.6. The third kappa shape index (κ3) is 4.31. The Labute approximate surface area is 156 Å².